The van der Waals surface area contributed by atoms with E-state index in [-0.39, 0.29) is 18.2 Å². The quantitative estimate of drug-likeness (QED) is 0.505. The van der Waals surface area contributed by atoms with Crippen molar-refractivity contribution in [2.75, 3.05) is 6.61 Å². The standard InChI is InChI=1S/C17H13Br2N3O3/c1-9-2-5-14(12(19)6-9)25-8-15(23)21-22-16-11-7-10(18)3-4-13(11)20-17(16)24/h2-7,20,24H,8H2,1H3. The Balaban J connectivity index is 1.72. The molecule has 0 saturated carbocycles. The normalized spacial score (nSPS) is 11.3. The summed E-state index contributed by atoms with van der Waals surface area (Å²) < 4.78 is 7.02. The third-order valence-corrected chi connectivity index (χ3v) is 4.53. The average molecular weight is 467 g/mol. The number of carbonyl (C=O) groups is 1. The summed E-state index contributed by atoms with van der Waals surface area (Å²) in [7, 11) is 0. The maximum Gasteiger partial charge on any atom is 0.302 e. The number of azo groups is 1. The molecule has 128 valence electrons. The number of benzene rings is 2. The number of aromatic nitrogens is 1. The van der Waals surface area contributed by atoms with E-state index in [9.17, 15) is 9.90 Å². The summed E-state index contributed by atoms with van der Waals surface area (Å²) in [4.78, 5) is 14.7. The predicted molar refractivity (Wildman–Crippen MR) is 102 cm³/mol. The molecule has 0 fully saturated rings. The molecular formula is C17H13Br2N3O3. The summed E-state index contributed by atoms with van der Waals surface area (Å²) in [6, 6.07) is 10.9. The number of hydrogen-bond acceptors (Lipinski definition) is 4. The molecular weight excluding hydrogens is 454 g/mol. The van der Waals surface area contributed by atoms with E-state index >= 15 is 0 Å². The number of rotatable bonds is 4. The first-order valence-electron chi connectivity index (χ1n) is 7.28. The van der Waals surface area contributed by atoms with Gasteiger partial charge >= 0.3 is 5.91 Å². The van der Waals surface area contributed by atoms with Crippen molar-refractivity contribution in [1.82, 2.24) is 4.98 Å². The van der Waals surface area contributed by atoms with Gasteiger partial charge in [-0.2, -0.15) is 0 Å². The van der Waals surface area contributed by atoms with E-state index in [1.807, 2.05) is 25.1 Å². The summed E-state index contributed by atoms with van der Waals surface area (Å²) in [6.07, 6.45) is 0. The Labute approximate surface area is 160 Å². The highest BCUT2D eigenvalue weighted by molar-refractivity contribution is 9.10. The second-order valence-electron chi connectivity index (χ2n) is 5.33. The van der Waals surface area contributed by atoms with Crippen LogP contribution in [0, 0.1) is 6.92 Å². The highest BCUT2D eigenvalue weighted by Crippen LogP contribution is 2.36. The van der Waals surface area contributed by atoms with Crippen molar-refractivity contribution < 1.29 is 14.6 Å². The van der Waals surface area contributed by atoms with Crippen molar-refractivity contribution in [3.05, 3.63) is 50.9 Å². The Bertz CT molecular complexity index is 983. The van der Waals surface area contributed by atoms with E-state index in [4.69, 9.17) is 4.74 Å². The molecule has 8 heteroatoms. The van der Waals surface area contributed by atoms with Crippen LogP contribution in [0.1, 0.15) is 5.56 Å². The Morgan fingerprint density at radius 1 is 1.24 bits per heavy atom. The molecule has 1 amide bonds. The van der Waals surface area contributed by atoms with Crippen molar-refractivity contribution in [3.8, 4) is 11.6 Å². The molecule has 3 aromatic rings. The summed E-state index contributed by atoms with van der Waals surface area (Å²) >= 11 is 6.74. The highest BCUT2D eigenvalue weighted by atomic mass is 79.9. The third kappa shape index (κ3) is 4.08. The number of aryl methyl sites for hydroxylation is 1. The van der Waals surface area contributed by atoms with Crippen molar-refractivity contribution in [2.45, 2.75) is 6.92 Å². The van der Waals surface area contributed by atoms with Gasteiger partial charge in [-0.05, 0) is 58.7 Å². The van der Waals surface area contributed by atoms with E-state index in [2.05, 4.69) is 47.1 Å². The number of fused-ring (bicyclic) bond motifs is 1. The maximum atomic E-state index is 11.9. The number of carbonyl (C=O) groups excluding carboxylic acids is 1. The molecule has 0 saturated heterocycles. The number of H-pyrrole nitrogens is 1. The summed E-state index contributed by atoms with van der Waals surface area (Å²) in [6.45, 7) is 1.71. The fourth-order valence-electron chi connectivity index (χ4n) is 2.23. The van der Waals surface area contributed by atoms with Gasteiger partial charge < -0.3 is 14.8 Å². The molecule has 0 radical (unpaired) electrons. The summed E-state index contributed by atoms with van der Waals surface area (Å²) in [5, 5.41) is 18.1. The Hall–Kier alpha value is -2.19. The molecule has 25 heavy (non-hydrogen) atoms. The smallest absolute Gasteiger partial charge is 0.302 e. The van der Waals surface area contributed by atoms with Crippen LogP contribution in [-0.2, 0) is 4.79 Å². The van der Waals surface area contributed by atoms with Crippen LogP contribution in [0.2, 0.25) is 0 Å². The average Bonchev–Trinajstić information content (AvgIpc) is 2.87. The molecule has 3 rings (SSSR count). The fraction of sp³-hybridized carbons (Fsp3) is 0.118. The third-order valence-electron chi connectivity index (χ3n) is 3.41. The van der Waals surface area contributed by atoms with Gasteiger partial charge in [-0.25, -0.2) is 0 Å². The molecule has 0 aliphatic rings. The van der Waals surface area contributed by atoms with Gasteiger partial charge in [0, 0.05) is 9.86 Å². The summed E-state index contributed by atoms with van der Waals surface area (Å²) in [5.74, 6) is -0.156. The first-order valence-corrected chi connectivity index (χ1v) is 8.86. The van der Waals surface area contributed by atoms with Gasteiger partial charge in [0.15, 0.2) is 12.3 Å². The van der Waals surface area contributed by atoms with Crippen LogP contribution in [-0.4, -0.2) is 22.6 Å². The van der Waals surface area contributed by atoms with Crippen LogP contribution in [0.15, 0.2) is 55.6 Å². The molecule has 2 aromatic carbocycles. The second kappa shape index (κ2) is 7.37. The SMILES string of the molecule is Cc1ccc(OCC(=O)N=Nc2c(O)[nH]c3ccc(Br)cc23)c(Br)c1. The number of hydrogen-bond donors (Lipinski definition) is 2. The molecule has 6 nitrogen and oxygen atoms in total. The maximum absolute atomic E-state index is 11.9. The van der Waals surface area contributed by atoms with Crippen molar-refractivity contribution in [2.24, 2.45) is 10.2 Å². The zero-order chi connectivity index (χ0) is 18.0. The number of halogens is 2. The summed E-state index contributed by atoms with van der Waals surface area (Å²) in [5.41, 5.74) is 1.98. The first-order chi connectivity index (χ1) is 11.9. The number of aromatic amines is 1. The molecule has 0 bridgehead atoms. The largest absolute Gasteiger partial charge is 0.493 e. The van der Waals surface area contributed by atoms with E-state index in [0.717, 1.165) is 14.5 Å². The van der Waals surface area contributed by atoms with Gasteiger partial charge in [-0.3, -0.25) is 4.79 Å². The molecule has 1 aromatic heterocycles. The number of aromatic hydroxyl groups is 1. The van der Waals surface area contributed by atoms with Crippen molar-refractivity contribution in [3.63, 3.8) is 0 Å². The van der Waals surface area contributed by atoms with Crippen LogP contribution >= 0.6 is 31.9 Å². The monoisotopic (exact) mass is 465 g/mol. The van der Waals surface area contributed by atoms with Gasteiger partial charge in [-0.15, -0.1) is 10.2 Å². The van der Waals surface area contributed by atoms with Gasteiger partial charge in [0.25, 0.3) is 0 Å². The molecule has 1 heterocycles. The predicted octanol–water partition coefficient (Wildman–Crippen LogP) is 5.40. The molecule has 0 aliphatic carbocycles. The van der Waals surface area contributed by atoms with Crippen LogP contribution in [0.3, 0.4) is 0 Å². The number of ether oxygens (including phenoxy) is 1. The van der Waals surface area contributed by atoms with Gasteiger partial charge in [0.1, 0.15) is 5.75 Å². The number of nitrogens with one attached hydrogen (secondary N) is 1. The lowest BCUT2D eigenvalue weighted by molar-refractivity contribution is -0.120. The number of nitrogens with zero attached hydrogens (tertiary/aromatic N) is 2. The van der Waals surface area contributed by atoms with E-state index < -0.39 is 5.91 Å². The topological polar surface area (TPSA) is 87.0 Å². The first kappa shape index (κ1) is 17.6. The zero-order valence-corrected chi connectivity index (χ0v) is 16.3. The van der Waals surface area contributed by atoms with Crippen molar-refractivity contribution >= 4 is 54.4 Å². The molecule has 0 spiro atoms. The Morgan fingerprint density at radius 2 is 2.04 bits per heavy atom. The van der Waals surface area contributed by atoms with E-state index in [0.29, 0.717) is 16.7 Å². The van der Waals surface area contributed by atoms with Gasteiger partial charge in [0.05, 0.1) is 9.99 Å². The minimum atomic E-state index is -0.559. The van der Waals surface area contributed by atoms with E-state index in [1.165, 1.54) is 0 Å². The molecule has 0 atom stereocenters. The van der Waals surface area contributed by atoms with Crippen LogP contribution < -0.4 is 4.74 Å². The minimum Gasteiger partial charge on any atom is -0.493 e. The lowest BCUT2D eigenvalue weighted by Gasteiger charge is -2.06. The van der Waals surface area contributed by atoms with Gasteiger partial charge in [0.2, 0.25) is 5.88 Å². The van der Waals surface area contributed by atoms with Crippen LogP contribution in [0.4, 0.5) is 5.69 Å². The lowest BCUT2D eigenvalue weighted by Crippen LogP contribution is -2.08. The molecule has 0 unspecified atom stereocenters. The zero-order valence-electron chi connectivity index (χ0n) is 13.1. The van der Waals surface area contributed by atoms with Gasteiger partial charge in [-0.1, -0.05) is 22.0 Å². The highest BCUT2D eigenvalue weighted by Gasteiger charge is 2.12. The lowest BCUT2D eigenvalue weighted by atomic mass is 10.2. The minimum absolute atomic E-state index is 0.146. The van der Waals surface area contributed by atoms with Crippen LogP contribution in [0.25, 0.3) is 10.9 Å². The molecule has 0 aliphatic heterocycles. The van der Waals surface area contributed by atoms with E-state index in [1.54, 1.807) is 18.2 Å². The second-order valence-corrected chi connectivity index (χ2v) is 7.10. The Kier molecular flexibility index (Phi) is 5.19. The van der Waals surface area contributed by atoms with Crippen molar-refractivity contribution in [1.29, 1.82) is 0 Å². The molecule has 2 N–H and O–H groups in total. The Morgan fingerprint density at radius 3 is 2.80 bits per heavy atom. The van der Waals surface area contributed by atoms with Crippen LogP contribution in [0.5, 0.6) is 11.6 Å². The fourth-order valence-corrected chi connectivity index (χ4v) is 3.20. The number of amides is 1.